The first-order valence-electron chi connectivity index (χ1n) is 6.52. The molecule has 1 aromatic heterocycles. The fraction of sp³-hybridized carbons (Fsp3) is 0.385. The monoisotopic (exact) mass is 339 g/mol. The Labute approximate surface area is 140 Å². The average Bonchev–Trinajstić information content (AvgIpc) is 2.94. The number of hydrazone groups is 2. The van der Waals surface area contributed by atoms with Crippen molar-refractivity contribution in [2.24, 2.45) is 22.2 Å². The molecule has 0 bridgehead atoms. The summed E-state index contributed by atoms with van der Waals surface area (Å²) in [5.74, 6) is 0. The minimum absolute atomic E-state index is 0.437. The third kappa shape index (κ3) is 5.15. The largest absolute Gasteiger partial charge is 0.364 e. The molecule has 0 saturated carbocycles. The summed E-state index contributed by atoms with van der Waals surface area (Å²) in [7, 11) is 5.39. The second kappa shape index (κ2) is 9.21. The van der Waals surface area contributed by atoms with E-state index in [-0.39, 0.29) is 0 Å². The highest BCUT2D eigenvalue weighted by atomic mass is 32.2. The summed E-state index contributed by atoms with van der Waals surface area (Å²) in [4.78, 5) is 4.08. The topological polar surface area (TPSA) is 78.1 Å². The Morgan fingerprint density at radius 1 is 1.32 bits per heavy atom. The molecule has 1 heterocycles. The van der Waals surface area contributed by atoms with Crippen molar-refractivity contribution in [1.29, 1.82) is 0 Å². The van der Waals surface area contributed by atoms with Crippen molar-refractivity contribution in [3.63, 3.8) is 0 Å². The molecule has 7 nitrogen and oxygen atoms in total. The second-order valence-corrected chi connectivity index (χ2v) is 5.40. The molecule has 1 aromatic rings. The van der Waals surface area contributed by atoms with Crippen LogP contribution in [-0.4, -0.2) is 46.6 Å². The maximum Gasteiger partial charge on any atom is 0.186 e. The van der Waals surface area contributed by atoms with E-state index in [2.05, 4.69) is 31.4 Å². The van der Waals surface area contributed by atoms with E-state index in [0.29, 0.717) is 16.5 Å². The maximum absolute atomic E-state index is 5.05. The third-order valence-electron chi connectivity index (χ3n) is 2.74. The number of aliphatic imine (C=N–C) groups is 1. The Morgan fingerprint density at radius 3 is 2.55 bits per heavy atom. The van der Waals surface area contributed by atoms with E-state index in [1.807, 2.05) is 43.1 Å². The number of aryl methyl sites for hydroxylation is 1. The van der Waals surface area contributed by atoms with Crippen molar-refractivity contribution < 1.29 is 0 Å². The molecule has 9 heteroatoms. The SMILES string of the molecule is CN=C(N/N=C(C)/C(=N/NC(=S)NC)c1cccn1C)SC. The highest BCUT2D eigenvalue weighted by Gasteiger charge is 2.12. The van der Waals surface area contributed by atoms with Crippen LogP contribution >= 0.6 is 24.0 Å². The number of hydrogen-bond acceptors (Lipinski definition) is 5. The van der Waals surface area contributed by atoms with Crippen molar-refractivity contribution >= 4 is 45.7 Å². The molecule has 0 amide bonds. The van der Waals surface area contributed by atoms with Gasteiger partial charge in [-0.25, -0.2) is 0 Å². The molecular weight excluding hydrogens is 318 g/mol. The molecule has 120 valence electrons. The van der Waals surface area contributed by atoms with E-state index in [0.717, 1.165) is 10.9 Å². The van der Waals surface area contributed by atoms with Crippen molar-refractivity contribution in [3.05, 3.63) is 24.0 Å². The highest BCUT2D eigenvalue weighted by Crippen LogP contribution is 2.04. The Hall–Kier alpha value is -1.87. The first-order valence-corrected chi connectivity index (χ1v) is 8.15. The molecule has 0 atom stereocenters. The molecule has 22 heavy (non-hydrogen) atoms. The van der Waals surface area contributed by atoms with Crippen LogP contribution in [0.3, 0.4) is 0 Å². The summed E-state index contributed by atoms with van der Waals surface area (Å²) in [6.45, 7) is 1.87. The second-order valence-electron chi connectivity index (χ2n) is 4.20. The van der Waals surface area contributed by atoms with Crippen LogP contribution in [0.5, 0.6) is 0 Å². The van der Waals surface area contributed by atoms with Gasteiger partial charge in [-0.2, -0.15) is 10.2 Å². The van der Waals surface area contributed by atoms with Gasteiger partial charge in [0.25, 0.3) is 0 Å². The number of rotatable bonds is 4. The number of nitrogens with one attached hydrogen (secondary N) is 3. The van der Waals surface area contributed by atoms with Crippen molar-refractivity contribution in [2.45, 2.75) is 6.92 Å². The molecule has 0 aliphatic carbocycles. The van der Waals surface area contributed by atoms with Gasteiger partial charge in [0.15, 0.2) is 10.3 Å². The van der Waals surface area contributed by atoms with Crippen LogP contribution in [0.25, 0.3) is 0 Å². The fourth-order valence-electron chi connectivity index (χ4n) is 1.56. The van der Waals surface area contributed by atoms with Gasteiger partial charge in [-0.1, -0.05) is 11.8 Å². The molecular formula is C13H21N7S2. The first kappa shape index (κ1) is 18.2. The van der Waals surface area contributed by atoms with Crippen LogP contribution in [0, 0.1) is 0 Å². The van der Waals surface area contributed by atoms with Crippen LogP contribution < -0.4 is 16.2 Å². The van der Waals surface area contributed by atoms with Gasteiger partial charge in [0.1, 0.15) is 5.71 Å². The zero-order valence-corrected chi connectivity index (χ0v) is 15.0. The van der Waals surface area contributed by atoms with Crippen LogP contribution in [0.2, 0.25) is 0 Å². The lowest BCUT2D eigenvalue weighted by Gasteiger charge is -2.10. The van der Waals surface area contributed by atoms with E-state index in [1.54, 1.807) is 14.1 Å². The Morgan fingerprint density at radius 2 is 2.05 bits per heavy atom. The molecule has 3 N–H and O–H groups in total. The van der Waals surface area contributed by atoms with Crippen LogP contribution in [0.15, 0.2) is 33.5 Å². The first-order chi connectivity index (χ1) is 10.5. The number of thioether (sulfide) groups is 1. The standard InChI is InChI=1S/C13H21N7S2/c1-9(16-19-13(15-3)22-5)11(17-18-12(21)14-2)10-7-6-8-20(10)4/h6-8H,1-5H3,(H,15,19)(H2,14,18,21)/b16-9+,17-11-. The van der Waals surface area contributed by atoms with E-state index in [1.165, 1.54) is 11.8 Å². The molecule has 0 aromatic carbocycles. The smallest absolute Gasteiger partial charge is 0.186 e. The lowest BCUT2D eigenvalue weighted by Crippen LogP contribution is -2.31. The van der Waals surface area contributed by atoms with Gasteiger partial charge in [-0.3, -0.25) is 15.8 Å². The normalized spacial score (nSPS) is 13.0. The van der Waals surface area contributed by atoms with Gasteiger partial charge in [0.2, 0.25) is 0 Å². The number of thiocarbonyl (C=S) groups is 1. The van der Waals surface area contributed by atoms with E-state index in [4.69, 9.17) is 12.2 Å². The Balaban J connectivity index is 3.07. The van der Waals surface area contributed by atoms with Crippen molar-refractivity contribution in [2.75, 3.05) is 20.4 Å². The van der Waals surface area contributed by atoms with Gasteiger partial charge in [-0.15, -0.1) is 0 Å². The van der Waals surface area contributed by atoms with Gasteiger partial charge >= 0.3 is 0 Å². The van der Waals surface area contributed by atoms with Crippen molar-refractivity contribution in [3.8, 4) is 0 Å². The maximum atomic E-state index is 5.05. The molecule has 0 spiro atoms. The molecule has 0 aliphatic rings. The Bertz CT molecular complexity index is 601. The lowest BCUT2D eigenvalue weighted by molar-refractivity contribution is 0.906. The number of aromatic nitrogens is 1. The minimum atomic E-state index is 0.437. The lowest BCUT2D eigenvalue weighted by atomic mass is 10.2. The summed E-state index contributed by atoms with van der Waals surface area (Å²) in [5.41, 5.74) is 8.04. The summed E-state index contributed by atoms with van der Waals surface area (Å²) < 4.78 is 1.96. The number of amidine groups is 1. The summed E-state index contributed by atoms with van der Waals surface area (Å²) in [6, 6.07) is 3.91. The summed E-state index contributed by atoms with van der Waals surface area (Å²) in [5, 5.41) is 12.7. The minimum Gasteiger partial charge on any atom is -0.364 e. The highest BCUT2D eigenvalue weighted by molar-refractivity contribution is 8.13. The van der Waals surface area contributed by atoms with Gasteiger partial charge in [-0.05, 0) is 37.5 Å². The number of nitrogens with zero attached hydrogens (tertiary/aromatic N) is 4. The van der Waals surface area contributed by atoms with Gasteiger partial charge < -0.3 is 9.88 Å². The molecule has 1 rings (SSSR count). The summed E-state index contributed by atoms with van der Waals surface area (Å²) in [6.07, 6.45) is 3.88. The van der Waals surface area contributed by atoms with Crippen LogP contribution in [0.1, 0.15) is 12.6 Å². The third-order valence-corrected chi connectivity index (χ3v) is 3.70. The van der Waals surface area contributed by atoms with E-state index in [9.17, 15) is 0 Å². The predicted octanol–water partition coefficient (Wildman–Crippen LogP) is 1.14. The van der Waals surface area contributed by atoms with Crippen LogP contribution in [0.4, 0.5) is 0 Å². The molecule has 0 unspecified atom stereocenters. The summed E-state index contributed by atoms with van der Waals surface area (Å²) >= 11 is 6.54. The molecule has 0 fully saturated rings. The van der Waals surface area contributed by atoms with Gasteiger partial charge in [0, 0.05) is 27.3 Å². The van der Waals surface area contributed by atoms with Crippen molar-refractivity contribution in [1.82, 2.24) is 20.7 Å². The van der Waals surface area contributed by atoms with E-state index >= 15 is 0 Å². The van der Waals surface area contributed by atoms with E-state index < -0.39 is 0 Å². The van der Waals surface area contributed by atoms with Gasteiger partial charge in [0.05, 0.1) is 11.4 Å². The fourth-order valence-corrected chi connectivity index (χ4v) is 1.93. The molecule has 0 saturated heterocycles. The zero-order valence-electron chi connectivity index (χ0n) is 13.3. The van der Waals surface area contributed by atoms with Crippen LogP contribution in [-0.2, 0) is 7.05 Å². The zero-order chi connectivity index (χ0) is 16.5. The quantitative estimate of drug-likeness (QED) is 0.332. The molecule has 0 radical (unpaired) electrons. The Kier molecular flexibility index (Phi) is 7.61. The number of hydrogen-bond donors (Lipinski definition) is 3. The predicted molar refractivity (Wildman–Crippen MR) is 99.9 cm³/mol. The molecule has 0 aliphatic heterocycles. The average molecular weight is 339 g/mol.